The fourth-order valence-electron chi connectivity index (χ4n) is 1.89. The molecule has 0 bridgehead atoms. The molecule has 84 valence electrons. The Hall–Kier alpha value is -0.870. The van der Waals surface area contributed by atoms with Gasteiger partial charge in [-0.3, -0.25) is 4.68 Å². The Morgan fingerprint density at radius 1 is 1.60 bits per heavy atom. The number of hydrogen-bond donors (Lipinski definition) is 1. The van der Waals surface area contributed by atoms with E-state index in [1.165, 1.54) is 19.3 Å². The van der Waals surface area contributed by atoms with E-state index < -0.39 is 0 Å². The van der Waals surface area contributed by atoms with Gasteiger partial charge >= 0.3 is 0 Å². The standard InChI is InChI=1S/C11H19N3O/c1-14-6-5-10(13-14)8-12-9-11-4-2-3-7-15-11/h5-6,11-12H,2-4,7-9H2,1H3. The van der Waals surface area contributed by atoms with E-state index in [0.29, 0.717) is 6.10 Å². The second-order valence-electron chi connectivity index (χ2n) is 4.10. The second-order valence-corrected chi connectivity index (χ2v) is 4.10. The summed E-state index contributed by atoms with van der Waals surface area (Å²) in [4.78, 5) is 0. The van der Waals surface area contributed by atoms with Crippen LogP contribution in [0.3, 0.4) is 0 Å². The van der Waals surface area contributed by atoms with E-state index in [9.17, 15) is 0 Å². The molecule has 0 radical (unpaired) electrons. The molecule has 1 fully saturated rings. The fourth-order valence-corrected chi connectivity index (χ4v) is 1.89. The van der Waals surface area contributed by atoms with E-state index in [0.717, 1.165) is 25.4 Å². The van der Waals surface area contributed by atoms with Crippen LogP contribution in [0.25, 0.3) is 0 Å². The Morgan fingerprint density at radius 2 is 2.53 bits per heavy atom. The lowest BCUT2D eigenvalue weighted by Gasteiger charge is -2.22. The highest BCUT2D eigenvalue weighted by atomic mass is 16.5. The lowest BCUT2D eigenvalue weighted by molar-refractivity contribution is 0.0167. The van der Waals surface area contributed by atoms with E-state index in [1.807, 2.05) is 24.0 Å². The second kappa shape index (κ2) is 5.28. The van der Waals surface area contributed by atoms with Gasteiger partial charge in [-0.1, -0.05) is 0 Å². The fraction of sp³-hybridized carbons (Fsp3) is 0.727. The highest BCUT2D eigenvalue weighted by Gasteiger charge is 2.12. The van der Waals surface area contributed by atoms with Crippen LogP contribution in [-0.4, -0.2) is 29.0 Å². The van der Waals surface area contributed by atoms with Crippen LogP contribution in [0, 0.1) is 0 Å². The van der Waals surface area contributed by atoms with Gasteiger partial charge in [-0.05, 0) is 25.3 Å². The van der Waals surface area contributed by atoms with Gasteiger partial charge in [-0.25, -0.2) is 0 Å². The van der Waals surface area contributed by atoms with Crippen LogP contribution >= 0.6 is 0 Å². The van der Waals surface area contributed by atoms with Crippen molar-refractivity contribution in [2.75, 3.05) is 13.2 Å². The smallest absolute Gasteiger partial charge is 0.0762 e. The van der Waals surface area contributed by atoms with Gasteiger partial charge in [0.25, 0.3) is 0 Å². The monoisotopic (exact) mass is 209 g/mol. The minimum atomic E-state index is 0.405. The predicted molar refractivity (Wildman–Crippen MR) is 58.5 cm³/mol. The zero-order valence-corrected chi connectivity index (χ0v) is 9.28. The predicted octanol–water partition coefficient (Wildman–Crippen LogP) is 1.08. The van der Waals surface area contributed by atoms with Crippen molar-refractivity contribution in [2.45, 2.75) is 31.9 Å². The number of ether oxygens (including phenoxy) is 1. The first kappa shape index (κ1) is 10.6. The lowest BCUT2D eigenvalue weighted by Crippen LogP contribution is -2.31. The first-order chi connectivity index (χ1) is 7.34. The van der Waals surface area contributed by atoms with E-state index >= 15 is 0 Å². The molecular weight excluding hydrogens is 190 g/mol. The molecule has 15 heavy (non-hydrogen) atoms. The first-order valence-corrected chi connectivity index (χ1v) is 5.65. The Balaban J connectivity index is 1.65. The topological polar surface area (TPSA) is 39.1 Å². The van der Waals surface area contributed by atoms with Gasteiger partial charge in [0.2, 0.25) is 0 Å². The Kier molecular flexibility index (Phi) is 3.75. The maximum Gasteiger partial charge on any atom is 0.0762 e. The van der Waals surface area contributed by atoms with Gasteiger partial charge in [0, 0.05) is 32.9 Å². The highest BCUT2D eigenvalue weighted by molar-refractivity contribution is 4.97. The molecule has 1 aliphatic heterocycles. The number of hydrogen-bond acceptors (Lipinski definition) is 3. The molecule has 2 rings (SSSR count). The number of aryl methyl sites for hydroxylation is 1. The first-order valence-electron chi connectivity index (χ1n) is 5.65. The number of rotatable bonds is 4. The largest absolute Gasteiger partial charge is 0.377 e. The maximum absolute atomic E-state index is 5.63. The van der Waals surface area contributed by atoms with E-state index in [-0.39, 0.29) is 0 Å². The zero-order chi connectivity index (χ0) is 10.5. The molecule has 4 heteroatoms. The van der Waals surface area contributed by atoms with Crippen LogP contribution < -0.4 is 5.32 Å². The van der Waals surface area contributed by atoms with Crippen LogP contribution in [0.5, 0.6) is 0 Å². The van der Waals surface area contributed by atoms with Gasteiger partial charge in [0.1, 0.15) is 0 Å². The molecule has 1 aromatic rings. The SMILES string of the molecule is Cn1ccc(CNCC2CCCCO2)n1. The average Bonchev–Trinajstić information content (AvgIpc) is 2.66. The zero-order valence-electron chi connectivity index (χ0n) is 9.28. The van der Waals surface area contributed by atoms with Crippen molar-refractivity contribution in [1.82, 2.24) is 15.1 Å². The molecule has 0 amide bonds. The van der Waals surface area contributed by atoms with Gasteiger partial charge < -0.3 is 10.1 Å². The molecule has 0 aromatic carbocycles. The summed E-state index contributed by atoms with van der Waals surface area (Å²) in [6.07, 6.45) is 6.08. The summed E-state index contributed by atoms with van der Waals surface area (Å²) in [6.45, 7) is 2.70. The van der Waals surface area contributed by atoms with Gasteiger partial charge in [-0.15, -0.1) is 0 Å². The van der Waals surface area contributed by atoms with Crippen molar-refractivity contribution in [1.29, 1.82) is 0 Å². The molecule has 1 saturated heterocycles. The summed E-state index contributed by atoms with van der Waals surface area (Å²) in [6, 6.07) is 2.04. The molecule has 1 aromatic heterocycles. The number of nitrogens with one attached hydrogen (secondary N) is 1. The van der Waals surface area contributed by atoms with Crippen LogP contribution in [0.4, 0.5) is 0 Å². The molecule has 2 heterocycles. The molecule has 1 unspecified atom stereocenters. The summed E-state index contributed by atoms with van der Waals surface area (Å²) >= 11 is 0. The van der Waals surface area contributed by atoms with Crippen LogP contribution in [0.1, 0.15) is 25.0 Å². The molecular formula is C11H19N3O. The Labute approximate surface area is 90.6 Å². The molecule has 1 N–H and O–H groups in total. The maximum atomic E-state index is 5.63. The third-order valence-corrected chi connectivity index (χ3v) is 2.72. The lowest BCUT2D eigenvalue weighted by atomic mass is 10.1. The van der Waals surface area contributed by atoms with E-state index in [1.54, 1.807) is 0 Å². The molecule has 0 spiro atoms. The van der Waals surface area contributed by atoms with Crippen molar-refractivity contribution in [2.24, 2.45) is 7.05 Å². The number of nitrogens with zero attached hydrogens (tertiary/aromatic N) is 2. The van der Waals surface area contributed by atoms with Crippen LogP contribution in [-0.2, 0) is 18.3 Å². The Morgan fingerprint density at radius 3 is 3.20 bits per heavy atom. The van der Waals surface area contributed by atoms with Gasteiger partial charge in [0.15, 0.2) is 0 Å². The van der Waals surface area contributed by atoms with Crippen LogP contribution in [0.15, 0.2) is 12.3 Å². The molecule has 0 saturated carbocycles. The molecule has 4 nitrogen and oxygen atoms in total. The minimum absolute atomic E-state index is 0.405. The highest BCUT2D eigenvalue weighted by Crippen LogP contribution is 2.11. The van der Waals surface area contributed by atoms with Crippen molar-refractivity contribution in [3.63, 3.8) is 0 Å². The third-order valence-electron chi connectivity index (χ3n) is 2.72. The minimum Gasteiger partial charge on any atom is -0.377 e. The van der Waals surface area contributed by atoms with E-state index in [4.69, 9.17) is 4.74 Å². The Bertz CT molecular complexity index is 292. The van der Waals surface area contributed by atoms with Gasteiger partial charge in [-0.2, -0.15) is 5.10 Å². The normalized spacial score (nSPS) is 21.8. The van der Waals surface area contributed by atoms with Gasteiger partial charge in [0.05, 0.1) is 11.8 Å². The van der Waals surface area contributed by atoms with Crippen LogP contribution in [0.2, 0.25) is 0 Å². The average molecular weight is 209 g/mol. The molecule has 0 aliphatic carbocycles. The summed E-state index contributed by atoms with van der Waals surface area (Å²) < 4.78 is 7.46. The van der Waals surface area contributed by atoms with E-state index in [2.05, 4.69) is 10.4 Å². The third kappa shape index (κ3) is 3.32. The van der Waals surface area contributed by atoms with Crippen molar-refractivity contribution < 1.29 is 4.74 Å². The quantitative estimate of drug-likeness (QED) is 0.806. The summed E-state index contributed by atoms with van der Waals surface area (Å²) in [5, 5.41) is 7.69. The van der Waals surface area contributed by atoms with Crippen molar-refractivity contribution >= 4 is 0 Å². The van der Waals surface area contributed by atoms with Crippen molar-refractivity contribution in [3.05, 3.63) is 18.0 Å². The molecule has 1 aliphatic rings. The van der Waals surface area contributed by atoms with Crippen molar-refractivity contribution in [3.8, 4) is 0 Å². The number of aromatic nitrogens is 2. The molecule has 1 atom stereocenters. The summed E-state index contributed by atoms with van der Waals surface area (Å²) in [7, 11) is 1.94. The summed E-state index contributed by atoms with van der Waals surface area (Å²) in [5.74, 6) is 0. The summed E-state index contributed by atoms with van der Waals surface area (Å²) in [5.41, 5.74) is 1.09.